The Labute approximate surface area is 152 Å². The lowest BCUT2D eigenvalue weighted by molar-refractivity contribution is 0.345. The summed E-state index contributed by atoms with van der Waals surface area (Å²) in [5, 5.41) is 8.69. The molecule has 7 heteroatoms. The molecule has 0 aliphatic carbocycles. The van der Waals surface area contributed by atoms with Crippen LogP contribution >= 0.6 is 11.9 Å². The van der Waals surface area contributed by atoms with Crippen LogP contribution in [0.5, 0.6) is 0 Å². The Morgan fingerprint density at radius 1 is 1.24 bits per heavy atom. The first-order valence-electron chi connectivity index (χ1n) is 8.89. The van der Waals surface area contributed by atoms with Crippen LogP contribution < -0.4 is 0 Å². The quantitative estimate of drug-likeness (QED) is 0.672. The smallest absolute Gasteiger partial charge is 0.155 e. The average Bonchev–Trinajstić information content (AvgIpc) is 3.21. The third-order valence-corrected chi connectivity index (χ3v) is 6.30. The Morgan fingerprint density at radius 3 is 2.80 bits per heavy atom. The zero-order chi connectivity index (χ0) is 17.4. The summed E-state index contributed by atoms with van der Waals surface area (Å²) >= 11 is 1.86. The highest BCUT2D eigenvalue weighted by molar-refractivity contribution is 7.97. The van der Waals surface area contributed by atoms with E-state index in [4.69, 9.17) is 0 Å². The van der Waals surface area contributed by atoms with Gasteiger partial charge in [0.15, 0.2) is 5.65 Å². The number of aromatic nitrogens is 5. The van der Waals surface area contributed by atoms with E-state index in [1.54, 1.807) is 6.33 Å². The number of aryl methyl sites for hydroxylation is 2. The molecule has 3 aromatic rings. The average molecular weight is 356 g/mol. The van der Waals surface area contributed by atoms with E-state index in [-0.39, 0.29) is 0 Å². The maximum absolute atomic E-state index is 4.40. The summed E-state index contributed by atoms with van der Waals surface area (Å²) in [5.41, 5.74) is 4.99. The first-order chi connectivity index (χ1) is 12.2. The van der Waals surface area contributed by atoms with Crippen LogP contribution in [0.3, 0.4) is 0 Å². The molecule has 4 rings (SSSR count). The van der Waals surface area contributed by atoms with Gasteiger partial charge in [-0.15, -0.1) is 0 Å². The molecule has 6 nitrogen and oxygen atoms in total. The number of rotatable bonds is 4. The lowest BCUT2D eigenvalue weighted by Crippen LogP contribution is -2.28. The van der Waals surface area contributed by atoms with Crippen molar-refractivity contribution in [2.75, 3.05) is 13.1 Å². The van der Waals surface area contributed by atoms with Crippen LogP contribution in [-0.2, 0) is 13.5 Å². The molecule has 4 heterocycles. The summed E-state index contributed by atoms with van der Waals surface area (Å²) in [6.45, 7) is 6.58. The first-order valence-corrected chi connectivity index (χ1v) is 9.66. The van der Waals surface area contributed by atoms with E-state index in [1.165, 1.54) is 34.6 Å². The van der Waals surface area contributed by atoms with E-state index in [1.807, 2.05) is 34.4 Å². The molecule has 0 radical (unpaired) electrons. The zero-order valence-electron chi connectivity index (χ0n) is 15.0. The lowest BCUT2D eigenvalue weighted by Gasteiger charge is -2.31. The molecule has 0 unspecified atom stereocenters. The summed E-state index contributed by atoms with van der Waals surface area (Å²) in [6.07, 6.45) is 9.16. The van der Waals surface area contributed by atoms with E-state index in [0.717, 1.165) is 25.2 Å². The Hall–Kier alpha value is -1.86. The van der Waals surface area contributed by atoms with E-state index in [9.17, 15) is 0 Å². The molecule has 0 bridgehead atoms. The van der Waals surface area contributed by atoms with Crippen LogP contribution in [0, 0.1) is 6.92 Å². The fourth-order valence-corrected chi connectivity index (χ4v) is 4.87. The number of hydrogen-bond donors (Lipinski definition) is 0. The summed E-state index contributed by atoms with van der Waals surface area (Å²) < 4.78 is 6.37. The minimum Gasteiger partial charge on any atom is -0.271 e. The topological polar surface area (TPSA) is 51.2 Å². The summed E-state index contributed by atoms with van der Waals surface area (Å²) in [5.74, 6) is 0.602. The van der Waals surface area contributed by atoms with Gasteiger partial charge in [0.25, 0.3) is 0 Å². The predicted octanol–water partition coefficient (Wildman–Crippen LogP) is 3.22. The van der Waals surface area contributed by atoms with Gasteiger partial charge in [-0.1, -0.05) is 6.92 Å². The molecule has 0 aromatic carbocycles. The molecule has 132 valence electrons. The Balaban J connectivity index is 1.44. The van der Waals surface area contributed by atoms with Crippen molar-refractivity contribution in [3.8, 4) is 0 Å². The maximum Gasteiger partial charge on any atom is 0.155 e. The van der Waals surface area contributed by atoms with Crippen molar-refractivity contribution in [1.82, 2.24) is 28.7 Å². The van der Waals surface area contributed by atoms with Crippen LogP contribution in [0.4, 0.5) is 0 Å². The van der Waals surface area contributed by atoms with Gasteiger partial charge in [-0.05, 0) is 61.2 Å². The van der Waals surface area contributed by atoms with Crippen LogP contribution in [0.1, 0.15) is 42.5 Å². The largest absolute Gasteiger partial charge is 0.271 e. The summed E-state index contributed by atoms with van der Waals surface area (Å²) in [7, 11) is 2.03. The Bertz CT molecular complexity index is 875. The molecule has 0 N–H and O–H groups in total. The molecule has 25 heavy (non-hydrogen) atoms. The van der Waals surface area contributed by atoms with E-state index >= 15 is 0 Å². The zero-order valence-corrected chi connectivity index (χ0v) is 15.8. The normalized spacial score (nSPS) is 16.8. The highest BCUT2D eigenvalue weighted by Crippen LogP contribution is 2.35. The van der Waals surface area contributed by atoms with Crippen molar-refractivity contribution in [2.24, 2.45) is 7.05 Å². The van der Waals surface area contributed by atoms with Gasteiger partial charge in [-0.3, -0.25) is 4.68 Å². The molecular formula is C18H24N6S. The lowest BCUT2D eigenvalue weighted by atomic mass is 9.89. The van der Waals surface area contributed by atoms with Gasteiger partial charge in [0.1, 0.15) is 6.33 Å². The van der Waals surface area contributed by atoms with Gasteiger partial charge in [-0.25, -0.2) is 13.8 Å². The monoisotopic (exact) mass is 356 g/mol. The van der Waals surface area contributed by atoms with Gasteiger partial charge in [0, 0.05) is 26.3 Å². The van der Waals surface area contributed by atoms with Crippen molar-refractivity contribution in [1.29, 1.82) is 0 Å². The van der Waals surface area contributed by atoms with Crippen LogP contribution in [-0.4, -0.2) is 41.8 Å². The number of fused-ring (bicyclic) bond motifs is 1. The van der Waals surface area contributed by atoms with Crippen LogP contribution in [0.15, 0.2) is 29.7 Å². The fraction of sp³-hybridized carbons (Fsp3) is 0.500. The van der Waals surface area contributed by atoms with E-state index < -0.39 is 0 Å². The number of hydrogen-bond acceptors (Lipinski definition) is 5. The summed E-state index contributed by atoms with van der Waals surface area (Å²) in [6, 6.07) is 2.15. The van der Waals surface area contributed by atoms with Crippen molar-refractivity contribution < 1.29 is 0 Å². The van der Waals surface area contributed by atoms with Crippen molar-refractivity contribution in [3.63, 3.8) is 0 Å². The molecule has 0 spiro atoms. The van der Waals surface area contributed by atoms with Gasteiger partial charge < -0.3 is 0 Å². The molecule has 1 aliphatic rings. The third kappa shape index (κ3) is 3.18. The van der Waals surface area contributed by atoms with E-state index in [0.29, 0.717) is 5.92 Å². The second-order valence-corrected chi connectivity index (χ2v) is 7.84. The summed E-state index contributed by atoms with van der Waals surface area (Å²) in [4.78, 5) is 5.57. The molecule has 1 fully saturated rings. The number of piperidine rings is 1. The number of pyridine rings is 1. The van der Waals surface area contributed by atoms with Gasteiger partial charge in [0.2, 0.25) is 0 Å². The fourth-order valence-electron chi connectivity index (χ4n) is 3.72. The molecular weight excluding hydrogens is 332 g/mol. The first kappa shape index (κ1) is 16.6. The molecule has 1 saturated heterocycles. The molecule has 0 atom stereocenters. The minimum absolute atomic E-state index is 0.602. The predicted molar refractivity (Wildman–Crippen MR) is 99.7 cm³/mol. The Kier molecular flexibility index (Phi) is 4.52. The second kappa shape index (κ2) is 6.80. The Morgan fingerprint density at radius 2 is 2.04 bits per heavy atom. The van der Waals surface area contributed by atoms with Crippen LogP contribution in [0.25, 0.3) is 5.65 Å². The minimum atomic E-state index is 0.602. The maximum atomic E-state index is 4.40. The standard InChI is InChI=1S/C18H24N6S/c1-4-16-17(10-20-22(16)3)25-23-7-5-14(6-8-23)15-11-24-18(9-13(15)2)19-12-21-24/h9-12,14H,4-8H2,1-3H3. The molecule has 1 aliphatic heterocycles. The van der Waals surface area contributed by atoms with Crippen molar-refractivity contribution >= 4 is 17.6 Å². The number of nitrogens with zero attached hydrogens (tertiary/aromatic N) is 6. The molecule has 0 saturated carbocycles. The van der Waals surface area contributed by atoms with Crippen molar-refractivity contribution in [2.45, 2.75) is 43.9 Å². The van der Waals surface area contributed by atoms with Crippen molar-refractivity contribution in [3.05, 3.63) is 41.6 Å². The SMILES string of the molecule is CCc1c(SN2CCC(c3cn4ncnc4cc3C)CC2)cnn1C. The van der Waals surface area contributed by atoms with Crippen LogP contribution in [0.2, 0.25) is 0 Å². The highest BCUT2D eigenvalue weighted by Gasteiger charge is 2.24. The van der Waals surface area contributed by atoms with Gasteiger partial charge >= 0.3 is 0 Å². The second-order valence-electron chi connectivity index (χ2n) is 6.70. The highest BCUT2D eigenvalue weighted by atomic mass is 32.2. The molecule has 3 aromatic heterocycles. The van der Waals surface area contributed by atoms with Gasteiger partial charge in [0.05, 0.1) is 16.8 Å². The molecule has 0 amide bonds. The third-order valence-electron chi connectivity index (χ3n) is 5.14. The van der Waals surface area contributed by atoms with Gasteiger partial charge in [-0.2, -0.15) is 10.2 Å². The van der Waals surface area contributed by atoms with E-state index in [2.05, 4.69) is 45.6 Å².